The van der Waals surface area contributed by atoms with Crippen LogP contribution >= 0.6 is 0 Å². The largest absolute Gasteiger partial charge is 0.312 e. The van der Waals surface area contributed by atoms with Crippen molar-refractivity contribution in [3.63, 3.8) is 0 Å². The number of hydrogen-bond acceptors (Lipinski definition) is 4. The van der Waals surface area contributed by atoms with Crippen LogP contribution in [0.15, 0.2) is 42.7 Å². The summed E-state index contributed by atoms with van der Waals surface area (Å²) in [6.45, 7) is 1.04. The second kappa shape index (κ2) is 6.13. The molecule has 2 aromatic rings. The monoisotopic (exact) mass is 334 g/mol. The first-order chi connectivity index (χ1) is 10.9. The van der Waals surface area contributed by atoms with Crippen LogP contribution in [-0.2, 0) is 21.4 Å². The quantitative estimate of drug-likeness (QED) is 0.864. The van der Waals surface area contributed by atoms with Crippen molar-refractivity contribution in [2.24, 2.45) is 11.1 Å². The molecular weight excluding hydrogens is 316 g/mol. The summed E-state index contributed by atoms with van der Waals surface area (Å²) >= 11 is 0. The average molecular weight is 334 g/mol. The Morgan fingerprint density at radius 2 is 2.00 bits per heavy atom. The molecule has 3 rings (SSSR count). The minimum atomic E-state index is -3.56. The van der Waals surface area contributed by atoms with Crippen molar-refractivity contribution in [2.45, 2.75) is 13.0 Å². The summed E-state index contributed by atoms with van der Waals surface area (Å²) in [5, 5.41) is 9.21. The predicted molar refractivity (Wildman–Crippen MR) is 86.2 cm³/mol. The highest BCUT2D eigenvalue weighted by Crippen LogP contribution is 2.26. The van der Waals surface area contributed by atoms with Gasteiger partial charge in [-0.25, -0.2) is 13.6 Å². The van der Waals surface area contributed by atoms with Gasteiger partial charge in [-0.15, -0.1) is 0 Å². The highest BCUT2D eigenvalue weighted by Gasteiger charge is 2.32. The highest BCUT2D eigenvalue weighted by atomic mass is 32.2. The summed E-state index contributed by atoms with van der Waals surface area (Å²) in [7, 11) is -3.56. The second-order valence-electron chi connectivity index (χ2n) is 5.77. The second-order valence-corrected chi connectivity index (χ2v) is 7.43. The number of aromatic nitrogens is 2. The summed E-state index contributed by atoms with van der Waals surface area (Å²) < 4.78 is 24.2. The zero-order valence-electron chi connectivity index (χ0n) is 12.5. The van der Waals surface area contributed by atoms with Gasteiger partial charge in [0.1, 0.15) is 0 Å². The van der Waals surface area contributed by atoms with Gasteiger partial charge in [-0.1, -0.05) is 12.1 Å². The zero-order chi connectivity index (χ0) is 16.4. The van der Waals surface area contributed by atoms with Gasteiger partial charge in [0.05, 0.1) is 12.3 Å². The van der Waals surface area contributed by atoms with Crippen LogP contribution in [0.5, 0.6) is 0 Å². The summed E-state index contributed by atoms with van der Waals surface area (Å²) in [5.41, 5.74) is 1.85. The number of carbonyl (C=O) groups excluding carboxylic acids is 1. The molecule has 1 aliphatic heterocycles. The maximum Gasteiger partial charge on any atom is 0.227 e. The van der Waals surface area contributed by atoms with Crippen molar-refractivity contribution in [2.75, 3.05) is 17.2 Å². The van der Waals surface area contributed by atoms with E-state index in [4.69, 9.17) is 5.14 Å². The average Bonchev–Trinajstić information content (AvgIpc) is 3.08. The maximum absolute atomic E-state index is 12.1. The number of primary sulfonamides is 1. The van der Waals surface area contributed by atoms with Crippen LogP contribution < -0.4 is 10.0 Å². The van der Waals surface area contributed by atoms with Crippen LogP contribution in [0.1, 0.15) is 12.0 Å². The molecule has 1 aromatic heterocycles. The van der Waals surface area contributed by atoms with Gasteiger partial charge in [0.2, 0.25) is 15.9 Å². The van der Waals surface area contributed by atoms with E-state index in [1.165, 1.54) is 0 Å². The fourth-order valence-electron chi connectivity index (χ4n) is 2.83. The van der Waals surface area contributed by atoms with Crippen LogP contribution in [-0.4, -0.2) is 36.4 Å². The molecule has 0 bridgehead atoms. The molecule has 0 saturated carbocycles. The lowest BCUT2D eigenvalue weighted by molar-refractivity contribution is -0.117. The third kappa shape index (κ3) is 3.96. The first-order valence-electron chi connectivity index (χ1n) is 7.28. The van der Waals surface area contributed by atoms with E-state index in [9.17, 15) is 13.2 Å². The molecule has 0 spiro atoms. The molecular formula is C15H18N4O3S. The number of nitrogens with zero attached hydrogens (tertiary/aromatic N) is 3. The van der Waals surface area contributed by atoms with Gasteiger partial charge in [0.25, 0.3) is 0 Å². The lowest BCUT2D eigenvalue weighted by Crippen LogP contribution is -2.27. The predicted octanol–water partition coefficient (Wildman–Crippen LogP) is 0.573. The van der Waals surface area contributed by atoms with Gasteiger partial charge in [-0.2, -0.15) is 5.10 Å². The Balaban J connectivity index is 1.68. The molecule has 1 saturated heterocycles. The van der Waals surface area contributed by atoms with E-state index in [0.29, 0.717) is 13.1 Å². The highest BCUT2D eigenvalue weighted by molar-refractivity contribution is 7.89. The van der Waals surface area contributed by atoms with Gasteiger partial charge in [-0.05, 0) is 23.8 Å². The van der Waals surface area contributed by atoms with E-state index in [0.717, 1.165) is 11.3 Å². The molecule has 0 radical (unpaired) electrons. The molecule has 122 valence electrons. The summed E-state index contributed by atoms with van der Waals surface area (Å²) in [5.74, 6) is -0.480. The minimum Gasteiger partial charge on any atom is -0.312 e. The molecule has 2 heterocycles. The summed E-state index contributed by atoms with van der Waals surface area (Å²) in [6, 6.07) is 9.49. The molecule has 7 nitrogen and oxygen atoms in total. The number of benzene rings is 1. The Hall–Kier alpha value is -2.19. The zero-order valence-corrected chi connectivity index (χ0v) is 13.3. The Bertz CT molecular complexity index is 785. The van der Waals surface area contributed by atoms with E-state index >= 15 is 0 Å². The SMILES string of the molecule is NS(=O)(=O)CC1CC(=O)N(c2ccc(Cn3cccn3)cc2)C1. The standard InChI is InChI=1S/C15H18N4O3S/c16-23(21,22)11-13-8-15(20)19(10-13)14-4-2-12(3-5-14)9-18-7-1-6-17-18/h1-7,13H,8-11H2,(H2,16,21,22). The van der Waals surface area contributed by atoms with Gasteiger partial charge < -0.3 is 4.90 Å². The van der Waals surface area contributed by atoms with E-state index in [1.807, 2.05) is 41.2 Å². The molecule has 1 aliphatic rings. The van der Waals surface area contributed by atoms with E-state index in [2.05, 4.69) is 5.10 Å². The van der Waals surface area contributed by atoms with Gasteiger partial charge in [0, 0.05) is 37.0 Å². The number of rotatable bonds is 5. The fraction of sp³-hybridized carbons (Fsp3) is 0.333. The number of carbonyl (C=O) groups is 1. The summed E-state index contributed by atoms with van der Waals surface area (Å²) in [4.78, 5) is 13.7. The van der Waals surface area contributed by atoms with Crippen LogP contribution in [0.4, 0.5) is 5.69 Å². The smallest absolute Gasteiger partial charge is 0.227 e. The molecule has 1 amide bonds. The number of amides is 1. The Morgan fingerprint density at radius 3 is 2.61 bits per heavy atom. The van der Waals surface area contributed by atoms with E-state index < -0.39 is 10.0 Å². The molecule has 0 aliphatic carbocycles. The number of anilines is 1. The van der Waals surface area contributed by atoms with Crippen molar-refractivity contribution in [3.8, 4) is 0 Å². The van der Waals surface area contributed by atoms with E-state index in [1.54, 1.807) is 11.1 Å². The van der Waals surface area contributed by atoms with Crippen LogP contribution in [0, 0.1) is 5.92 Å². The van der Waals surface area contributed by atoms with Crippen molar-refractivity contribution in [1.82, 2.24) is 9.78 Å². The molecule has 23 heavy (non-hydrogen) atoms. The lowest BCUT2D eigenvalue weighted by Gasteiger charge is -2.17. The van der Waals surface area contributed by atoms with Crippen LogP contribution in [0.25, 0.3) is 0 Å². The molecule has 1 aromatic carbocycles. The molecule has 8 heteroatoms. The third-order valence-electron chi connectivity index (χ3n) is 3.82. The minimum absolute atomic E-state index is 0.0709. The maximum atomic E-state index is 12.1. The fourth-order valence-corrected chi connectivity index (χ4v) is 3.71. The molecule has 1 atom stereocenters. The Labute approximate surface area is 134 Å². The van der Waals surface area contributed by atoms with Gasteiger partial charge in [-0.3, -0.25) is 9.48 Å². The number of nitrogens with two attached hydrogens (primary N) is 1. The number of sulfonamides is 1. The molecule has 1 unspecified atom stereocenters. The molecule has 2 N–H and O–H groups in total. The Morgan fingerprint density at radius 1 is 1.26 bits per heavy atom. The normalized spacial score (nSPS) is 18.6. The van der Waals surface area contributed by atoms with Crippen molar-refractivity contribution >= 4 is 21.6 Å². The number of hydrogen-bond donors (Lipinski definition) is 1. The molecule has 1 fully saturated rings. The van der Waals surface area contributed by atoms with Crippen molar-refractivity contribution in [1.29, 1.82) is 0 Å². The Kier molecular flexibility index (Phi) is 4.18. The van der Waals surface area contributed by atoms with Crippen LogP contribution in [0.3, 0.4) is 0 Å². The first-order valence-corrected chi connectivity index (χ1v) is 8.99. The van der Waals surface area contributed by atoms with Gasteiger partial charge >= 0.3 is 0 Å². The van der Waals surface area contributed by atoms with Gasteiger partial charge in [0.15, 0.2) is 0 Å². The topological polar surface area (TPSA) is 98.3 Å². The first kappa shape index (κ1) is 15.7. The van der Waals surface area contributed by atoms with Crippen LogP contribution in [0.2, 0.25) is 0 Å². The summed E-state index contributed by atoms with van der Waals surface area (Å²) in [6.07, 6.45) is 3.82. The van der Waals surface area contributed by atoms with Crippen molar-refractivity contribution < 1.29 is 13.2 Å². The van der Waals surface area contributed by atoms with Crippen molar-refractivity contribution in [3.05, 3.63) is 48.3 Å². The third-order valence-corrected chi connectivity index (χ3v) is 4.76. The lowest BCUT2D eigenvalue weighted by atomic mass is 10.1. The van der Waals surface area contributed by atoms with E-state index in [-0.39, 0.29) is 24.0 Å².